The zero-order chi connectivity index (χ0) is 29.7. The van der Waals surface area contributed by atoms with Gasteiger partial charge in [0.25, 0.3) is 0 Å². The summed E-state index contributed by atoms with van der Waals surface area (Å²) in [6, 6.07) is 38.0. The summed E-state index contributed by atoms with van der Waals surface area (Å²) in [7, 11) is 0.428. The third-order valence-corrected chi connectivity index (χ3v) is 8.55. The lowest BCUT2D eigenvalue weighted by Gasteiger charge is -2.37. The van der Waals surface area contributed by atoms with E-state index in [4.69, 9.17) is 14.6 Å². The van der Waals surface area contributed by atoms with Crippen molar-refractivity contribution in [3.63, 3.8) is 0 Å². The van der Waals surface area contributed by atoms with Crippen LogP contribution in [0.25, 0.3) is 11.1 Å². The highest BCUT2D eigenvalue weighted by Gasteiger charge is 2.35. The summed E-state index contributed by atoms with van der Waals surface area (Å²) >= 11 is 0. The Morgan fingerprint density at radius 1 is 0.714 bits per heavy atom. The number of hydrogen-bond donors (Lipinski definition) is 1. The quantitative estimate of drug-likeness (QED) is 0.232. The van der Waals surface area contributed by atoms with E-state index in [0.717, 1.165) is 52.1 Å². The number of benzene rings is 4. The van der Waals surface area contributed by atoms with Crippen molar-refractivity contribution in [2.75, 3.05) is 0 Å². The molecule has 1 aliphatic heterocycles. The first-order valence-electron chi connectivity index (χ1n) is 14.9. The standard InChI is InChI=1S/C37H41BN2O2/c1-26-22-23-33(39-35(28-16-10-7-11-17-28)40-34(26)27-14-8-6-9-15-27)31-20-12-18-29(24-31)30-19-13-21-32(25-30)38-42-37(4,5)36(2,3)41/h6-21,24-26,33,38,41H,22-23H2,1-5H3/b39-35-,40-34+. The van der Waals surface area contributed by atoms with Crippen LogP contribution in [0.15, 0.2) is 119 Å². The summed E-state index contributed by atoms with van der Waals surface area (Å²) in [5, 5.41) is 10.5. The molecule has 0 radical (unpaired) electrons. The van der Waals surface area contributed by atoms with Gasteiger partial charge < -0.3 is 9.76 Å². The van der Waals surface area contributed by atoms with E-state index >= 15 is 0 Å². The topological polar surface area (TPSA) is 54.2 Å². The number of rotatable bonds is 8. The molecule has 5 heteroatoms. The molecule has 42 heavy (non-hydrogen) atoms. The molecule has 0 aliphatic carbocycles. The van der Waals surface area contributed by atoms with Gasteiger partial charge in [0, 0.05) is 5.56 Å². The summed E-state index contributed by atoms with van der Waals surface area (Å²) < 4.78 is 6.14. The summed E-state index contributed by atoms with van der Waals surface area (Å²) in [5.74, 6) is 1.09. The van der Waals surface area contributed by atoms with Crippen LogP contribution in [0.5, 0.6) is 0 Å². The lowest BCUT2D eigenvalue weighted by molar-refractivity contribution is -0.0893. The van der Waals surface area contributed by atoms with Crippen molar-refractivity contribution >= 4 is 24.5 Å². The van der Waals surface area contributed by atoms with Gasteiger partial charge in [-0.2, -0.15) is 0 Å². The van der Waals surface area contributed by atoms with E-state index in [1.807, 2.05) is 38.1 Å². The highest BCUT2D eigenvalue weighted by molar-refractivity contribution is 6.47. The second-order valence-electron chi connectivity index (χ2n) is 12.4. The maximum absolute atomic E-state index is 10.5. The van der Waals surface area contributed by atoms with E-state index in [0.29, 0.717) is 13.4 Å². The van der Waals surface area contributed by atoms with Gasteiger partial charge in [0.15, 0.2) is 5.84 Å². The fourth-order valence-corrected chi connectivity index (χ4v) is 5.14. The molecule has 4 aromatic carbocycles. The normalized spacial score (nSPS) is 20.4. The Balaban J connectivity index is 1.47. The molecule has 0 amide bonds. The molecular formula is C37H41BN2O2. The van der Waals surface area contributed by atoms with Crippen LogP contribution in [0.1, 0.15) is 70.2 Å². The Kier molecular flexibility index (Phi) is 8.91. The van der Waals surface area contributed by atoms with Gasteiger partial charge in [0.05, 0.1) is 23.0 Å². The second kappa shape index (κ2) is 12.6. The van der Waals surface area contributed by atoms with Crippen molar-refractivity contribution in [1.29, 1.82) is 0 Å². The van der Waals surface area contributed by atoms with E-state index in [-0.39, 0.29) is 6.04 Å². The third kappa shape index (κ3) is 6.98. The average molecular weight is 557 g/mol. The molecule has 1 N–H and O–H groups in total. The Morgan fingerprint density at radius 3 is 1.98 bits per heavy atom. The Bertz CT molecular complexity index is 1560. The minimum Gasteiger partial charge on any atom is -0.427 e. The van der Waals surface area contributed by atoms with Crippen LogP contribution in [0, 0.1) is 5.92 Å². The van der Waals surface area contributed by atoms with E-state index in [9.17, 15) is 5.11 Å². The van der Waals surface area contributed by atoms with Crippen molar-refractivity contribution < 1.29 is 9.76 Å². The first-order valence-corrected chi connectivity index (χ1v) is 14.9. The number of aliphatic hydroxyl groups is 1. The molecule has 1 heterocycles. The monoisotopic (exact) mass is 556 g/mol. The lowest BCUT2D eigenvalue weighted by Crippen LogP contribution is -2.49. The first kappa shape index (κ1) is 29.7. The largest absolute Gasteiger partial charge is 0.427 e. The molecule has 2 atom stereocenters. The molecule has 0 bridgehead atoms. The molecule has 4 aromatic rings. The SMILES string of the molecule is CC1CCC(c2cccc(-c3cccc(BOC(C)(C)C(C)(C)O)c3)c2)/N=C(c2ccccc2)\N=C/1c1ccccc1. The number of hydrogen-bond acceptors (Lipinski definition) is 4. The van der Waals surface area contributed by atoms with Gasteiger partial charge in [0.2, 0.25) is 0 Å². The van der Waals surface area contributed by atoms with Gasteiger partial charge >= 0.3 is 7.48 Å². The van der Waals surface area contributed by atoms with Crippen LogP contribution in [0.2, 0.25) is 0 Å². The molecule has 5 rings (SSSR count). The fourth-order valence-electron chi connectivity index (χ4n) is 5.14. The van der Waals surface area contributed by atoms with Crippen LogP contribution in [0.4, 0.5) is 0 Å². The molecule has 4 nitrogen and oxygen atoms in total. The number of aliphatic imine (C=N–C) groups is 2. The van der Waals surface area contributed by atoms with Crippen LogP contribution < -0.4 is 5.46 Å². The minimum atomic E-state index is -0.945. The highest BCUT2D eigenvalue weighted by atomic mass is 16.5. The van der Waals surface area contributed by atoms with E-state index in [1.54, 1.807) is 13.8 Å². The van der Waals surface area contributed by atoms with Gasteiger partial charge in [-0.05, 0) is 74.8 Å². The summed E-state index contributed by atoms with van der Waals surface area (Å²) in [4.78, 5) is 10.5. The van der Waals surface area contributed by atoms with Crippen LogP contribution in [-0.2, 0) is 4.65 Å². The van der Waals surface area contributed by atoms with Crippen molar-refractivity contribution in [3.8, 4) is 11.1 Å². The van der Waals surface area contributed by atoms with E-state index in [2.05, 4.69) is 91.9 Å². The molecule has 1 aliphatic rings. The van der Waals surface area contributed by atoms with Gasteiger partial charge in [-0.1, -0.05) is 116 Å². The Hall–Kier alpha value is -3.80. The molecule has 214 valence electrons. The first-order chi connectivity index (χ1) is 20.1. The fraction of sp³-hybridized carbons (Fsp3) is 0.297. The lowest BCUT2D eigenvalue weighted by atomic mass is 9.81. The van der Waals surface area contributed by atoms with Gasteiger partial charge in [0.1, 0.15) is 0 Å². The molecule has 0 fully saturated rings. The van der Waals surface area contributed by atoms with Crippen LogP contribution in [0.3, 0.4) is 0 Å². The van der Waals surface area contributed by atoms with Crippen LogP contribution >= 0.6 is 0 Å². The molecular weight excluding hydrogens is 515 g/mol. The zero-order valence-corrected chi connectivity index (χ0v) is 25.4. The molecule has 0 saturated carbocycles. The maximum atomic E-state index is 10.5. The predicted molar refractivity (Wildman–Crippen MR) is 177 cm³/mol. The Labute approximate surface area is 251 Å². The Morgan fingerprint density at radius 2 is 1.31 bits per heavy atom. The van der Waals surface area contributed by atoms with Gasteiger partial charge in [-0.3, -0.25) is 4.99 Å². The minimum absolute atomic E-state index is 0.00257. The van der Waals surface area contributed by atoms with E-state index < -0.39 is 11.2 Å². The van der Waals surface area contributed by atoms with Crippen molar-refractivity contribution in [2.45, 2.75) is 64.7 Å². The van der Waals surface area contributed by atoms with Gasteiger partial charge in [-0.25, -0.2) is 4.99 Å². The number of amidine groups is 1. The van der Waals surface area contributed by atoms with Crippen molar-refractivity contribution in [1.82, 2.24) is 0 Å². The van der Waals surface area contributed by atoms with Gasteiger partial charge in [-0.15, -0.1) is 0 Å². The number of nitrogens with zero attached hydrogens (tertiary/aromatic N) is 2. The average Bonchev–Trinajstić information content (AvgIpc) is 2.99. The zero-order valence-electron chi connectivity index (χ0n) is 25.4. The second-order valence-corrected chi connectivity index (χ2v) is 12.4. The van der Waals surface area contributed by atoms with Crippen molar-refractivity contribution in [2.24, 2.45) is 15.9 Å². The van der Waals surface area contributed by atoms with Crippen molar-refractivity contribution in [3.05, 3.63) is 126 Å². The van der Waals surface area contributed by atoms with E-state index in [1.165, 1.54) is 5.56 Å². The molecule has 0 spiro atoms. The third-order valence-electron chi connectivity index (χ3n) is 8.55. The summed E-state index contributed by atoms with van der Waals surface area (Å²) in [6.45, 7) is 9.69. The van der Waals surface area contributed by atoms with Crippen LogP contribution in [-0.4, -0.2) is 35.3 Å². The molecule has 2 unspecified atom stereocenters. The molecule has 0 aromatic heterocycles. The maximum Gasteiger partial charge on any atom is 0.309 e. The molecule has 0 saturated heterocycles. The predicted octanol–water partition coefficient (Wildman–Crippen LogP) is 7.30. The summed E-state index contributed by atoms with van der Waals surface area (Å²) in [6.07, 6.45) is 1.94. The summed E-state index contributed by atoms with van der Waals surface area (Å²) in [5.41, 5.74) is 6.21. The smallest absolute Gasteiger partial charge is 0.309 e. The highest BCUT2D eigenvalue weighted by Crippen LogP contribution is 2.32.